The van der Waals surface area contributed by atoms with Crippen LogP contribution in [0.25, 0.3) is 0 Å². The molecule has 0 bridgehead atoms. The second kappa shape index (κ2) is 6.19. The van der Waals surface area contributed by atoms with E-state index in [1.807, 2.05) is 12.1 Å². The number of nitrogens with one attached hydrogen (secondary N) is 1. The Balaban J connectivity index is 2.22. The van der Waals surface area contributed by atoms with Crippen molar-refractivity contribution in [2.24, 2.45) is 0 Å². The Morgan fingerprint density at radius 2 is 2.17 bits per heavy atom. The van der Waals surface area contributed by atoms with E-state index < -0.39 is 0 Å². The Labute approximate surface area is 115 Å². The number of phenolic OH excluding ortho intramolecular Hbond substituents is 1. The summed E-state index contributed by atoms with van der Waals surface area (Å²) < 4.78 is 0.679. The molecule has 1 atom stereocenters. The SMILES string of the molecule is N#CC[C@@H](c1ccc(O)c(Br)c1)N1CCNCC1. The van der Waals surface area contributed by atoms with Crippen LogP contribution in [0.5, 0.6) is 5.75 Å². The number of nitrogens with zero attached hydrogens (tertiary/aromatic N) is 2. The number of phenols is 1. The summed E-state index contributed by atoms with van der Waals surface area (Å²) in [6.45, 7) is 3.82. The molecular formula is C13H16BrN3O. The van der Waals surface area contributed by atoms with Crippen LogP contribution in [0.2, 0.25) is 0 Å². The molecule has 5 heteroatoms. The van der Waals surface area contributed by atoms with E-state index in [9.17, 15) is 5.11 Å². The molecule has 1 aliphatic rings. The molecule has 4 nitrogen and oxygen atoms in total. The molecule has 0 radical (unpaired) electrons. The van der Waals surface area contributed by atoms with E-state index in [2.05, 4.69) is 32.2 Å². The van der Waals surface area contributed by atoms with Gasteiger partial charge in [0.15, 0.2) is 0 Å². The van der Waals surface area contributed by atoms with Crippen molar-refractivity contribution in [3.63, 3.8) is 0 Å². The van der Waals surface area contributed by atoms with Gasteiger partial charge in [-0.05, 0) is 33.6 Å². The number of rotatable bonds is 3. The number of hydrogen-bond donors (Lipinski definition) is 2. The van der Waals surface area contributed by atoms with Crippen molar-refractivity contribution in [1.82, 2.24) is 10.2 Å². The third-order valence-corrected chi connectivity index (χ3v) is 3.87. The molecule has 1 aromatic carbocycles. The minimum atomic E-state index is 0.106. The van der Waals surface area contributed by atoms with Crippen molar-refractivity contribution >= 4 is 15.9 Å². The van der Waals surface area contributed by atoms with Crippen LogP contribution >= 0.6 is 15.9 Å². The number of aromatic hydroxyl groups is 1. The van der Waals surface area contributed by atoms with Gasteiger partial charge < -0.3 is 10.4 Å². The normalized spacial score (nSPS) is 18.2. The largest absolute Gasteiger partial charge is 0.507 e. The van der Waals surface area contributed by atoms with Crippen molar-refractivity contribution in [1.29, 1.82) is 5.26 Å². The summed E-state index contributed by atoms with van der Waals surface area (Å²) in [5.74, 6) is 0.231. The highest BCUT2D eigenvalue weighted by Crippen LogP contribution is 2.31. The van der Waals surface area contributed by atoms with E-state index in [4.69, 9.17) is 5.26 Å². The molecule has 1 heterocycles. The lowest BCUT2D eigenvalue weighted by Gasteiger charge is -2.34. The fraction of sp³-hybridized carbons (Fsp3) is 0.462. The molecule has 1 saturated heterocycles. The molecule has 0 saturated carbocycles. The van der Waals surface area contributed by atoms with Gasteiger partial charge in [-0.2, -0.15) is 5.26 Å². The lowest BCUT2D eigenvalue weighted by Crippen LogP contribution is -2.45. The second-order valence-corrected chi connectivity index (χ2v) is 5.23. The van der Waals surface area contributed by atoms with Gasteiger partial charge in [-0.15, -0.1) is 0 Å². The van der Waals surface area contributed by atoms with Crippen LogP contribution in [-0.2, 0) is 0 Å². The topological polar surface area (TPSA) is 59.3 Å². The van der Waals surface area contributed by atoms with Gasteiger partial charge in [-0.1, -0.05) is 6.07 Å². The molecule has 0 unspecified atom stereocenters. The molecule has 0 amide bonds. The Bertz CT molecular complexity index is 452. The molecule has 96 valence electrons. The van der Waals surface area contributed by atoms with Gasteiger partial charge in [-0.25, -0.2) is 0 Å². The average Bonchev–Trinajstić information content (AvgIpc) is 2.40. The van der Waals surface area contributed by atoms with Crippen LogP contribution in [0.1, 0.15) is 18.0 Å². The third-order valence-electron chi connectivity index (χ3n) is 3.23. The molecule has 2 rings (SSSR count). The molecule has 0 aromatic heterocycles. The van der Waals surface area contributed by atoms with E-state index in [-0.39, 0.29) is 11.8 Å². The molecule has 0 spiro atoms. The van der Waals surface area contributed by atoms with Crippen molar-refractivity contribution in [2.45, 2.75) is 12.5 Å². The van der Waals surface area contributed by atoms with Gasteiger partial charge in [-0.3, -0.25) is 4.90 Å². The van der Waals surface area contributed by atoms with Gasteiger partial charge in [0.1, 0.15) is 5.75 Å². The van der Waals surface area contributed by atoms with Crippen LogP contribution in [-0.4, -0.2) is 36.2 Å². The zero-order chi connectivity index (χ0) is 13.0. The number of halogens is 1. The molecule has 18 heavy (non-hydrogen) atoms. The smallest absolute Gasteiger partial charge is 0.129 e. The maximum atomic E-state index is 9.53. The molecule has 1 fully saturated rings. The van der Waals surface area contributed by atoms with Crippen LogP contribution in [0.15, 0.2) is 22.7 Å². The summed E-state index contributed by atoms with van der Waals surface area (Å²) in [6, 6.07) is 7.83. The van der Waals surface area contributed by atoms with Crippen LogP contribution in [0.3, 0.4) is 0 Å². The van der Waals surface area contributed by atoms with Gasteiger partial charge in [0.25, 0.3) is 0 Å². The lowest BCUT2D eigenvalue weighted by atomic mass is 10.0. The molecule has 2 N–H and O–H groups in total. The summed E-state index contributed by atoms with van der Waals surface area (Å²) in [4.78, 5) is 2.32. The monoisotopic (exact) mass is 309 g/mol. The zero-order valence-electron chi connectivity index (χ0n) is 10.1. The van der Waals surface area contributed by atoms with Gasteiger partial charge in [0.2, 0.25) is 0 Å². The average molecular weight is 310 g/mol. The van der Waals surface area contributed by atoms with Gasteiger partial charge >= 0.3 is 0 Å². The summed E-state index contributed by atoms with van der Waals surface area (Å²) in [5.41, 5.74) is 1.07. The Hall–Kier alpha value is -1.09. The first kappa shape index (κ1) is 13.3. The van der Waals surface area contributed by atoms with Crippen molar-refractivity contribution < 1.29 is 5.11 Å². The minimum absolute atomic E-state index is 0.106. The third kappa shape index (κ3) is 3.02. The quantitative estimate of drug-likeness (QED) is 0.897. The first-order chi connectivity index (χ1) is 8.72. The fourth-order valence-corrected chi connectivity index (χ4v) is 2.66. The Kier molecular flexibility index (Phi) is 4.59. The van der Waals surface area contributed by atoms with Crippen molar-refractivity contribution in [2.75, 3.05) is 26.2 Å². The highest BCUT2D eigenvalue weighted by atomic mass is 79.9. The van der Waals surface area contributed by atoms with E-state index >= 15 is 0 Å². The van der Waals surface area contributed by atoms with Gasteiger partial charge in [0.05, 0.1) is 17.0 Å². The Morgan fingerprint density at radius 3 is 2.78 bits per heavy atom. The summed E-state index contributed by atoms with van der Waals surface area (Å²) in [6.07, 6.45) is 0.469. The van der Waals surface area contributed by atoms with Crippen LogP contribution < -0.4 is 5.32 Å². The minimum Gasteiger partial charge on any atom is -0.507 e. The van der Waals surface area contributed by atoms with E-state index in [1.54, 1.807) is 6.07 Å². The zero-order valence-corrected chi connectivity index (χ0v) is 11.7. The number of nitriles is 1. The second-order valence-electron chi connectivity index (χ2n) is 4.37. The van der Waals surface area contributed by atoms with E-state index in [1.165, 1.54) is 0 Å². The molecule has 0 aliphatic carbocycles. The predicted molar refractivity (Wildman–Crippen MR) is 73.2 cm³/mol. The standard InChI is InChI=1S/C13H16BrN3O/c14-11-9-10(1-2-13(11)18)12(3-4-15)17-7-5-16-6-8-17/h1-2,9,12,16,18H,3,5-8H2/t12-/m0/s1. The first-order valence-corrected chi connectivity index (χ1v) is 6.82. The molecule has 1 aliphatic heterocycles. The number of benzene rings is 1. The summed E-state index contributed by atoms with van der Waals surface area (Å²) in [7, 11) is 0. The van der Waals surface area contributed by atoms with Crippen LogP contribution in [0, 0.1) is 11.3 Å². The van der Waals surface area contributed by atoms with E-state index in [0.29, 0.717) is 10.9 Å². The molecular weight excluding hydrogens is 294 g/mol. The number of piperazine rings is 1. The predicted octanol–water partition coefficient (Wildman–Crippen LogP) is 2.01. The fourth-order valence-electron chi connectivity index (χ4n) is 2.27. The van der Waals surface area contributed by atoms with Crippen molar-refractivity contribution in [3.05, 3.63) is 28.2 Å². The lowest BCUT2D eigenvalue weighted by molar-refractivity contribution is 0.175. The first-order valence-electron chi connectivity index (χ1n) is 6.02. The summed E-state index contributed by atoms with van der Waals surface area (Å²) in [5, 5.41) is 21.8. The molecule has 1 aromatic rings. The van der Waals surface area contributed by atoms with Crippen molar-refractivity contribution in [3.8, 4) is 11.8 Å². The van der Waals surface area contributed by atoms with Crippen LogP contribution in [0.4, 0.5) is 0 Å². The van der Waals surface area contributed by atoms with Gasteiger partial charge in [0, 0.05) is 32.2 Å². The van der Waals surface area contributed by atoms with E-state index in [0.717, 1.165) is 31.7 Å². The number of hydrogen-bond acceptors (Lipinski definition) is 4. The maximum Gasteiger partial charge on any atom is 0.129 e. The highest BCUT2D eigenvalue weighted by Gasteiger charge is 2.22. The highest BCUT2D eigenvalue weighted by molar-refractivity contribution is 9.10. The maximum absolute atomic E-state index is 9.53. The summed E-state index contributed by atoms with van der Waals surface area (Å²) >= 11 is 3.33. The Morgan fingerprint density at radius 1 is 1.44 bits per heavy atom.